The molecule has 0 atom stereocenters. The summed E-state index contributed by atoms with van der Waals surface area (Å²) in [7, 11) is 4.55. The maximum atomic E-state index is 13.2. The molecule has 0 N–H and O–H groups in total. The van der Waals surface area contributed by atoms with Crippen molar-refractivity contribution >= 4 is 17.0 Å². The van der Waals surface area contributed by atoms with Gasteiger partial charge in [-0.2, -0.15) is 0 Å². The van der Waals surface area contributed by atoms with Gasteiger partial charge in [0.15, 0.2) is 0 Å². The molecule has 1 aliphatic heterocycles. The van der Waals surface area contributed by atoms with E-state index in [1.54, 1.807) is 0 Å². The number of halogens is 1. The van der Waals surface area contributed by atoms with Gasteiger partial charge in [-0.1, -0.05) is 24.3 Å². The number of hydrogen-bond acceptors (Lipinski definition) is 2. The Balaban J connectivity index is 1.72. The van der Waals surface area contributed by atoms with E-state index in [0.29, 0.717) is 6.54 Å². The molecule has 0 radical (unpaired) electrons. The van der Waals surface area contributed by atoms with Crippen LogP contribution < -0.4 is 4.90 Å². The molecule has 0 aliphatic carbocycles. The molecule has 0 bridgehead atoms. The fourth-order valence-electron chi connectivity index (χ4n) is 3.44. The molecule has 2 heterocycles. The number of anilines is 1. The van der Waals surface area contributed by atoms with Crippen molar-refractivity contribution in [1.29, 1.82) is 0 Å². The van der Waals surface area contributed by atoms with Gasteiger partial charge in [0.05, 0.1) is 57.9 Å². The molecule has 0 amide bonds. The Kier molecular flexibility index (Phi) is 3.96. The lowest BCUT2D eigenvalue weighted by atomic mass is 10.2. The summed E-state index contributed by atoms with van der Waals surface area (Å²) in [5.41, 5.74) is 3.22. The van der Waals surface area contributed by atoms with E-state index in [1.165, 1.54) is 12.1 Å². The van der Waals surface area contributed by atoms with Gasteiger partial charge in [0.2, 0.25) is 5.95 Å². The molecule has 3 aromatic rings. The van der Waals surface area contributed by atoms with Gasteiger partial charge in [0, 0.05) is 0 Å². The van der Waals surface area contributed by atoms with Crippen LogP contribution in [0.1, 0.15) is 5.56 Å². The molecule has 130 valence electrons. The van der Waals surface area contributed by atoms with Crippen molar-refractivity contribution < 1.29 is 8.87 Å². The number of rotatable bonds is 3. The lowest BCUT2D eigenvalue weighted by molar-refractivity contribution is -0.890. The minimum Gasteiger partial charge on any atom is -0.331 e. The van der Waals surface area contributed by atoms with Crippen molar-refractivity contribution in [2.24, 2.45) is 0 Å². The first-order chi connectivity index (χ1) is 12.0. The van der Waals surface area contributed by atoms with Gasteiger partial charge in [-0.3, -0.25) is 0 Å². The van der Waals surface area contributed by atoms with Crippen LogP contribution in [0.2, 0.25) is 0 Å². The number of hydrogen-bond donors (Lipinski definition) is 0. The Morgan fingerprint density at radius 1 is 1.00 bits per heavy atom. The molecule has 25 heavy (non-hydrogen) atoms. The minimum atomic E-state index is -0.199. The normalized spacial score (nSPS) is 17.2. The van der Waals surface area contributed by atoms with Crippen molar-refractivity contribution in [2.45, 2.75) is 6.54 Å². The average Bonchev–Trinajstić information content (AvgIpc) is 2.96. The molecular weight excluding hydrogens is 315 g/mol. The van der Waals surface area contributed by atoms with Crippen molar-refractivity contribution in [3.05, 3.63) is 59.9 Å². The first kappa shape index (κ1) is 16.1. The third-order valence-electron chi connectivity index (χ3n) is 5.12. The zero-order valence-corrected chi connectivity index (χ0v) is 14.8. The monoisotopic (exact) mass is 339 g/mol. The van der Waals surface area contributed by atoms with Gasteiger partial charge < -0.3 is 14.0 Å². The Labute approximate surface area is 147 Å². The highest BCUT2D eigenvalue weighted by Gasteiger charge is 2.27. The van der Waals surface area contributed by atoms with Gasteiger partial charge in [0.25, 0.3) is 0 Å². The van der Waals surface area contributed by atoms with Gasteiger partial charge in [0.1, 0.15) is 5.82 Å². The summed E-state index contributed by atoms with van der Waals surface area (Å²) >= 11 is 0. The number of quaternary nitrogens is 1. The summed E-state index contributed by atoms with van der Waals surface area (Å²) in [6, 6.07) is 15.0. The van der Waals surface area contributed by atoms with Crippen molar-refractivity contribution in [2.75, 3.05) is 45.2 Å². The first-order valence-corrected chi connectivity index (χ1v) is 8.78. The molecule has 1 aliphatic rings. The number of nitrogens with zero attached hydrogens (tertiary/aromatic N) is 4. The molecule has 1 fully saturated rings. The van der Waals surface area contributed by atoms with E-state index in [0.717, 1.165) is 53.2 Å². The van der Waals surface area contributed by atoms with Crippen LogP contribution >= 0.6 is 0 Å². The number of aromatic nitrogens is 2. The predicted molar refractivity (Wildman–Crippen MR) is 99.3 cm³/mol. The summed E-state index contributed by atoms with van der Waals surface area (Å²) in [5, 5.41) is 0. The number of para-hydroxylation sites is 2. The topological polar surface area (TPSA) is 21.1 Å². The second-order valence-corrected chi connectivity index (χ2v) is 7.48. The number of imidazole rings is 1. The standard InChI is InChI=1S/C20H24FN4/c1-25(2)13-11-23(12-14-25)20-22-18-5-3-4-6-19(18)24(20)15-16-7-9-17(21)10-8-16/h3-10H,11-15H2,1-2H3/q+1. The highest BCUT2D eigenvalue weighted by Crippen LogP contribution is 2.25. The summed E-state index contributed by atoms with van der Waals surface area (Å²) in [5.74, 6) is 0.820. The fourth-order valence-corrected chi connectivity index (χ4v) is 3.44. The van der Waals surface area contributed by atoms with Gasteiger partial charge in [-0.15, -0.1) is 0 Å². The number of fused-ring (bicyclic) bond motifs is 1. The van der Waals surface area contributed by atoms with Crippen LogP contribution in [0.15, 0.2) is 48.5 Å². The SMILES string of the molecule is C[N+]1(C)CCN(c2nc3ccccc3n2Cc2ccc(F)cc2)CC1. The molecule has 4 nitrogen and oxygen atoms in total. The van der Waals surface area contributed by atoms with Crippen molar-refractivity contribution in [3.63, 3.8) is 0 Å². The Bertz CT molecular complexity index is 872. The average molecular weight is 339 g/mol. The van der Waals surface area contributed by atoms with E-state index in [2.05, 4.69) is 35.7 Å². The molecule has 0 saturated carbocycles. The highest BCUT2D eigenvalue weighted by molar-refractivity contribution is 5.79. The molecule has 5 heteroatoms. The van der Waals surface area contributed by atoms with Crippen molar-refractivity contribution in [1.82, 2.24) is 9.55 Å². The van der Waals surface area contributed by atoms with Gasteiger partial charge >= 0.3 is 0 Å². The third kappa shape index (κ3) is 3.24. The van der Waals surface area contributed by atoms with E-state index in [-0.39, 0.29) is 5.82 Å². The third-order valence-corrected chi connectivity index (χ3v) is 5.12. The molecule has 1 aromatic heterocycles. The van der Waals surface area contributed by atoms with E-state index in [1.807, 2.05) is 24.3 Å². The maximum absolute atomic E-state index is 13.2. The van der Waals surface area contributed by atoms with Crippen LogP contribution in [0, 0.1) is 5.82 Å². The molecule has 4 rings (SSSR count). The summed E-state index contributed by atoms with van der Waals surface area (Å²) < 4.78 is 16.5. The zero-order chi connectivity index (χ0) is 17.4. The van der Waals surface area contributed by atoms with E-state index in [9.17, 15) is 4.39 Å². The Morgan fingerprint density at radius 2 is 1.68 bits per heavy atom. The molecule has 0 spiro atoms. The molecule has 0 unspecified atom stereocenters. The zero-order valence-electron chi connectivity index (χ0n) is 14.8. The smallest absolute Gasteiger partial charge is 0.207 e. The van der Waals surface area contributed by atoms with E-state index in [4.69, 9.17) is 4.98 Å². The van der Waals surface area contributed by atoms with Crippen LogP contribution in [0.4, 0.5) is 10.3 Å². The molecular formula is C20H24FN4+. The van der Waals surface area contributed by atoms with Crippen LogP contribution in [0.3, 0.4) is 0 Å². The first-order valence-electron chi connectivity index (χ1n) is 8.78. The Morgan fingerprint density at radius 3 is 2.40 bits per heavy atom. The second-order valence-electron chi connectivity index (χ2n) is 7.48. The van der Waals surface area contributed by atoms with Crippen LogP contribution in [-0.4, -0.2) is 54.3 Å². The van der Waals surface area contributed by atoms with Crippen LogP contribution in [0.25, 0.3) is 11.0 Å². The lowest BCUT2D eigenvalue weighted by Crippen LogP contribution is -2.55. The van der Waals surface area contributed by atoms with Crippen LogP contribution in [0.5, 0.6) is 0 Å². The van der Waals surface area contributed by atoms with E-state index >= 15 is 0 Å². The van der Waals surface area contributed by atoms with Crippen molar-refractivity contribution in [3.8, 4) is 0 Å². The summed E-state index contributed by atoms with van der Waals surface area (Å²) in [4.78, 5) is 7.29. The van der Waals surface area contributed by atoms with E-state index < -0.39 is 0 Å². The number of likely N-dealkylation sites (N-methyl/N-ethyl adjacent to an activating group) is 1. The molecule has 1 saturated heterocycles. The lowest BCUT2D eigenvalue weighted by Gasteiger charge is -2.39. The highest BCUT2D eigenvalue weighted by atomic mass is 19.1. The summed E-state index contributed by atoms with van der Waals surface area (Å²) in [6.07, 6.45) is 0. The number of piperazine rings is 1. The summed E-state index contributed by atoms with van der Waals surface area (Å²) in [6.45, 7) is 4.92. The van der Waals surface area contributed by atoms with Gasteiger partial charge in [-0.05, 0) is 29.8 Å². The minimum absolute atomic E-state index is 0.199. The van der Waals surface area contributed by atoms with Gasteiger partial charge in [-0.25, -0.2) is 9.37 Å². The van der Waals surface area contributed by atoms with Crippen LogP contribution in [-0.2, 0) is 6.54 Å². The predicted octanol–water partition coefficient (Wildman–Crippen LogP) is 3.12. The quantitative estimate of drug-likeness (QED) is 0.684. The maximum Gasteiger partial charge on any atom is 0.207 e. The number of benzene rings is 2. The second kappa shape index (κ2) is 6.15. The fraction of sp³-hybridized carbons (Fsp3) is 0.350. The molecule has 2 aromatic carbocycles. The largest absolute Gasteiger partial charge is 0.331 e. The Hall–Kier alpha value is -2.40.